The largest absolute Gasteiger partial charge is 0.339 e. The maximum Gasteiger partial charge on any atom is 0.275 e. The van der Waals surface area contributed by atoms with Crippen LogP contribution in [0, 0.1) is 0 Å². The summed E-state index contributed by atoms with van der Waals surface area (Å²) in [6, 6.07) is 13.6. The Morgan fingerprint density at radius 3 is 2.11 bits per heavy atom. The average Bonchev–Trinajstić information content (AvgIpc) is 2.69. The quantitative estimate of drug-likeness (QED) is 0.635. The number of Topliss-reactive ketones (excluding diaryl/α,β-unsaturated/α-hetero) is 2. The van der Waals surface area contributed by atoms with Gasteiger partial charge in [0.2, 0.25) is 0 Å². The average molecular weight is 374 g/mol. The number of nitrogens with zero attached hydrogens (tertiary/aromatic N) is 2. The molecule has 0 saturated carbocycles. The third kappa shape index (κ3) is 4.64. The van der Waals surface area contributed by atoms with Gasteiger partial charge in [0.15, 0.2) is 11.6 Å². The predicted octanol–water partition coefficient (Wildman–Crippen LogP) is 3.88. The number of amides is 1. The second-order valence-electron chi connectivity index (χ2n) is 6.14. The molecule has 2 N–H and O–H groups in total. The van der Waals surface area contributed by atoms with Gasteiger partial charge in [-0.3, -0.25) is 14.4 Å². The lowest BCUT2D eigenvalue weighted by Gasteiger charge is -2.08. The molecular weight excluding hydrogens is 356 g/mol. The summed E-state index contributed by atoms with van der Waals surface area (Å²) in [4.78, 5) is 43.3. The van der Waals surface area contributed by atoms with Crippen molar-refractivity contribution in [2.75, 3.05) is 10.6 Å². The van der Waals surface area contributed by atoms with Gasteiger partial charge in [-0.15, -0.1) is 0 Å². The standard InChI is InChI=1S/C21H18N4O3/c1-13(26)15-6-8-17(9-7-15)25-21(28)19-11-23-20(12-22-19)24-18-5-3-4-16(10-18)14(2)27/h3-12H,1-2H3,(H,23,24)(H,25,28). The van der Waals surface area contributed by atoms with Crippen LogP contribution in [0.4, 0.5) is 17.2 Å². The highest BCUT2D eigenvalue weighted by atomic mass is 16.2. The molecule has 0 aliphatic rings. The molecule has 0 atom stereocenters. The van der Waals surface area contributed by atoms with Gasteiger partial charge in [0.05, 0.1) is 12.4 Å². The molecule has 0 saturated heterocycles. The summed E-state index contributed by atoms with van der Waals surface area (Å²) in [5.41, 5.74) is 2.57. The van der Waals surface area contributed by atoms with E-state index < -0.39 is 5.91 Å². The van der Waals surface area contributed by atoms with E-state index in [9.17, 15) is 14.4 Å². The summed E-state index contributed by atoms with van der Waals surface area (Å²) in [6.07, 6.45) is 2.80. The van der Waals surface area contributed by atoms with Crippen LogP contribution >= 0.6 is 0 Å². The van der Waals surface area contributed by atoms with Crippen molar-refractivity contribution in [2.45, 2.75) is 13.8 Å². The molecule has 1 amide bonds. The van der Waals surface area contributed by atoms with Crippen molar-refractivity contribution in [3.63, 3.8) is 0 Å². The number of carbonyl (C=O) groups is 3. The molecule has 3 rings (SSSR count). The monoisotopic (exact) mass is 374 g/mol. The molecule has 7 heteroatoms. The number of anilines is 3. The van der Waals surface area contributed by atoms with E-state index in [1.54, 1.807) is 48.5 Å². The molecule has 140 valence electrons. The molecule has 1 aromatic heterocycles. The van der Waals surface area contributed by atoms with Crippen LogP contribution in [-0.4, -0.2) is 27.4 Å². The van der Waals surface area contributed by atoms with E-state index >= 15 is 0 Å². The van der Waals surface area contributed by atoms with Gasteiger partial charge in [-0.1, -0.05) is 12.1 Å². The molecule has 0 bridgehead atoms. The Kier molecular flexibility index (Phi) is 5.55. The number of nitrogens with one attached hydrogen (secondary N) is 2. The van der Waals surface area contributed by atoms with Crippen molar-refractivity contribution in [1.29, 1.82) is 0 Å². The van der Waals surface area contributed by atoms with Crippen LogP contribution in [0.15, 0.2) is 60.9 Å². The smallest absolute Gasteiger partial charge is 0.275 e. The number of carbonyl (C=O) groups excluding carboxylic acids is 3. The SMILES string of the molecule is CC(=O)c1ccc(NC(=O)c2cnc(Nc3cccc(C(C)=O)c3)cn2)cc1. The van der Waals surface area contributed by atoms with Crippen molar-refractivity contribution in [3.8, 4) is 0 Å². The number of aromatic nitrogens is 2. The normalized spacial score (nSPS) is 10.2. The van der Waals surface area contributed by atoms with Gasteiger partial charge >= 0.3 is 0 Å². The molecule has 2 aromatic carbocycles. The number of hydrogen-bond acceptors (Lipinski definition) is 6. The zero-order valence-corrected chi connectivity index (χ0v) is 15.4. The van der Waals surface area contributed by atoms with Gasteiger partial charge in [0, 0.05) is 22.5 Å². The number of rotatable bonds is 6. The number of hydrogen-bond donors (Lipinski definition) is 2. The van der Waals surface area contributed by atoms with Crippen LogP contribution in [0.25, 0.3) is 0 Å². The zero-order valence-electron chi connectivity index (χ0n) is 15.4. The van der Waals surface area contributed by atoms with Crippen molar-refractivity contribution in [1.82, 2.24) is 9.97 Å². The minimum Gasteiger partial charge on any atom is -0.339 e. The molecule has 0 fully saturated rings. The molecule has 7 nitrogen and oxygen atoms in total. The molecule has 0 aliphatic heterocycles. The fraction of sp³-hybridized carbons (Fsp3) is 0.0952. The third-order valence-corrected chi connectivity index (χ3v) is 3.98. The molecule has 0 aliphatic carbocycles. The van der Waals surface area contributed by atoms with Crippen LogP contribution in [-0.2, 0) is 0 Å². The molecule has 28 heavy (non-hydrogen) atoms. The van der Waals surface area contributed by atoms with Gasteiger partial charge in [-0.05, 0) is 50.2 Å². The van der Waals surface area contributed by atoms with Gasteiger partial charge < -0.3 is 10.6 Å². The van der Waals surface area contributed by atoms with E-state index in [2.05, 4.69) is 20.6 Å². The Hall–Kier alpha value is -3.87. The highest BCUT2D eigenvalue weighted by Gasteiger charge is 2.09. The first kappa shape index (κ1) is 18.9. The summed E-state index contributed by atoms with van der Waals surface area (Å²) in [5, 5.41) is 5.75. The van der Waals surface area contributed by atoms with Crippen LogP contribution in [0.5, 0.6) is 0 Å². The highest BCUT2D eigenvalue weighted by molar-refractivity contribution is 6.03. The van der Waals surface area contributed by atoms with E-state index in [1.807, 2.05) is 0 Å². The Morgan fingerprint density at radius 2 is 1.50 bits per heavy atom. The van der Waals surface area contributed by atoms with Crippen LogP contribution in [0.1, 0.15) is 45.1 Å². The summed E-state index contributed by atoms with van der Waals surface area (Å²) in [5.74, 6) is -0.0324. The summed E-state index contributed by atoms with van der Waals surface area (Å²) in [6.45, 7) is 2.98. The maximum absolute atomic E-state index is 12.3. The van der Waals surface area contributed by atoms with Crippen molar-refractivity contribution in [3.05, 3.63) is 77.7 Å². The van der Waals surface area contributed by atoms with Gasteiger partial charge in [0.25, 0.3) is 5.91 Å². The fourth-order valence-corrected chi connectivity index (χ4v) is 2.46. The lowest BCUT2D eigenvalue weighted by molar-refractivity contribution is 0.100. The van der Waals surface area contributed by atoms with E-state index in [-0.39, 0.29) is 17.3 Å². The Morgan fingerprint density at radius 1 is 0.786 bits per heavy atom. The Balaban J connectivity index is 1.66. The first-order valence-electron chi connectivity index (χ1n) is 8.55. The number of benzene rings is 2. The summed E-state index contributed by atoms with van der Waals surface area (Å²) < 4.78 is 0. The molecule has 3 aromatic rings. The van der Waals surface area contributed by atoms with E-state index in [0.717, 1.165) is 0 Å². The van der Waals surface area contributed by atoms with Gasteiger partial charge in [-0.2, -0.15) is 0 Å². The van der Waals surface area contributed by atoms with Gasteiger partial charge in [-0.25, -0.2) is 9.97 Å². The Labute approximate surface area is 161 Å². The molecule has 1 heterocycles. The van der Waals surface area contributed by atoms with Crippen molar-refractivity contribution in [2.24, 2.45) is 0 Å². The third-order valence-electron chi connectivity index (χ3n) is 3.98. The minimum absolute atomic E-state index is 0.0295. The first-order chi connectivity index (χ1) is 13.4. The number of ketones is 2. The molecule has 0 unspecified atom stereocenters. The highest BCUT2D eigenvalue weighted by Crippen LogP contribution is 2.16. The van der Waals surface area contributed by atoms with Crippen LogP contribution in [0.2, 0.25) is 0 Å². The fourth-order valence-electron chi connectivity index (χ4n) is 2.46. The second-order valence-corrected chi connectivity index (χ2v) is 6.14. The van der Waals surface area contributed by atoms with E-state index in [4.69, 9.17) is 0 Å². The Bertz CT molecular complexity index is 1030. The van der Waals surface area contributed by atoms with Crippen LogP contribution < -0.4 is 10.6 Å². The van der Waals surface area contributed by atoms with E-state index in [1.165, 1.54) is 26.2 Å². The lowest BCUT2D eigenvalue weighted by atomic mass is 10.1. The van der Waals surface area contributed by atoms with Gasteiger partial charge in [0.1, 0.15) is 11.5 Å². The first-order valence-corrected chi connectivity index (χ1v) is 8.55. The molecule has 0 radical (unpaired) electrons. The second kappa shape index (κ2) is 8.22. The van der Waals surface area contributed by atoms with Crippen molar-refractivity contribution < 1.29 is 14.4 Å². The molecule has 0 spiro atoms. The van der Waals surface area contributed by atoms with Crippen LogP contribution in [0.3, 0.4) is 0 Å². The summed E-state index contributed by atoms with van der Waals surface area (Å²) in [7, 11) is 0. The maximum atomic E-state index is 12.3. The predicted molar refractivity (Wildman–Crippen MR) is 106 cm³/mol. The zero-order chi connectivity index (χ0) is 20.1. The topological polar surface area (TPSA) is 101 Å². The lowest BCUT2D eigenvalue weighted by Crippen LogP contribution is -2.14. The van der Waals surface area contributed by atoms with E-state index in [0.29, 0.717) is 28.3 Å². The summed E-state index contributed by atoms with van der Waals surface area (Å²) >= 11 is 0. The molecular formula is C21H18N4O3. The van der Waals surface area contributed by atoms with Crippen molar-refractivity contribution >= 4 is 34.7 Å². The minimum atomic E-state index is -0.409.